The van der Waals surface area contributed by atoms with Crippen LogP contribution in [-0.2, 0) is 6.54 Å². The van der Waals surface area contributed by atoms with Crippen LogP contribution in [0.3, 0.4) is 0 Å². The molecular weight excluding hydrogens is 188 g/mol. The monoisotopic (exact) mass is 210 g/mol. The van der Waals surface area contributed by atoms with Gasteiger partial charge in [-0.15, -0.1) is 0 Å². The van der Waals surface area contributed by atoms with Gasteiger partial charge in [-0.05, 0) is 45.6 Å². The summed E-state index contributed by atoms with van der Waals surface area (Å²) in [5, 5.41) is 3.21. The van der Waals surface area contributed by atoms with E-state index in [0.29, 0.717) is 12.0 Å². The van der Waals surface area contributed by atoms with E-state index in [4.69, 9.17) is 4.42 Å². The highest BCUT2D eigenvalue weighted by molar-refractivity contribution is 4.98. The Balaban J connectivity index is 2.42. The minimum absolute atomic E-state index is 0.544. The Kier molecular flexibility index (Phi) is 4.85. The Morgan fingerprint density at radius 2 is 2.20 bits per heavy atom. The van der Waals surface area contributed by atoms with Crippen molar-refractivity contribution in [3.63, 3.8) is 0 Å². The minimum atomic E-state index is 0.544. The van der Waals surface area contributed by atoms with Crippen molar-refractivity contribution in [3.05, 3.63) is 24.2 Å². The standard InChI is InChI=1S/C12H22N2O/c1-10(8-13-3)11(2)14(4)9-12-6-5-7-15-12/h5-7,10-11,13H,8-9H2,1-4H3. The highest BCUT2D eigenvalue weighted by Crippen LogP contribution is 2.12. The van der Waals surface area contributed by atoms with Gasteiger partial charge in [0.05, 0.1) is 12.8 Å². The first-order valence-corrected chi connectivity index (χ1v) is 5.52. The molecule has 15 heavy (non-hydrogen) atoms. The third-order valence-electron chi connectivity index (χ3n) is 3.03. The fraction of sp³-hybridized carbons (Fsp3) is 0.667. The molecule has 1 N–H and O–H groups in total. The van der Waals surface area contributed by atoms with Crippen LogP contribution < -0.4 is 5.32 Å². The summed E-state index contributed by atoms with van der Waals surface area (Å²) >= 11 is 0. The second-order valence-electron chi connectivity index (χ2n) is 4.27. The molecule has 2 unspecified atom stereocenters. The van der Waals surface area contributed by atoms with Gasteiger partial charge in [0.1, 0.15) is 5.76 Å². The summed E-state index contributed by atoms with van der Waals surface area (Å²) in [5.74, 6) is 1.66. The Hall–Kier alpha value is -0.800. The minimum Gasteiger partial charge on any atom is -0.468 e. The van der Waals surface area contributed by atoms with E-state index in [1.165, 1.54) is 0 Å². The Bertz CT molecular complexity index is 259. The quantitative estimate of drug-likeness (QED) is 0.778. The molecule has 0 aliphatic carbocycles. The van der Waals surface area contributed by atoms with E-state index in [0.717, 1.165) is 18.8 Å². The summed E-state index contributed by atoms with van der Waals surface area (Å²) in [7, 11) is 4.13. The summed E-state index contributed by atoms with van der Waals surface area (Å²) in [6.45, 7) is 6.44. The smallest absolute Gasteiger partial charge is 0.117 e. The van der Waals surface area contributed by atoms with Crippen LogP contribution in [0.4, 0.5) is 0 Å². The van der Waals surface area contributed by atoms with E-state index < -0.39 is 0 Å². The first-order chi connectivity index (χ1) is 7.15. The third-order valence-corrected chi connectivity index (χ3v) is 3.03. The number of nitrogens with zero attached hydrogens (tertiary/aromatic N) is 1. The van der Waals surface area contributed by atoms with Gasteiger partial charge in [0.15, 0.2) is 0 Å². The summed E-state index contributed by atoms with van der Waals surface area (Å²) in [4.78, 5) is 2.32. The molecule has 86 valence electrons. The van der Waals surface area contributed by atoms with Crippen molar-refractivity contribution in [1.29, 1.82) is 0 Å². The molecule has 0 aliphatic heterocycles. The van der Waals surface area contributed by atoms with Gasteiger partial charge in [-0.25, -0.2) is 0 Å². The van der Waals surface area contributed by atoms with Gasteiger partial charge < -0.3 is 9.73 Å². The molecule has 1 heterocycles. The van der Waals surface area contributed by atoms with Crippen molar-refractivity contribution in [3.8, 4) is 0 Å². The zero-order chi connectivity index (χ0) is 11.3. The SMILES string of the molecule is CNCC(C)C(C)N(C)Cc1ccco1. The average Bonchev–Trinajstić information content (AvgIpc) is 2.69. The van der Waals surface area contributed by atoms with Gasteiger partial charge in [-0.1, -0.05) is 6.92 Å². The lowest BCUT2D eigenvalue weighted by Crippen LogP contribution is -2.37. The molecule has 0 amide bonds. The number of nitrogens with one attached hydrogen (secondary N) is 1. The normalized spacial score (nSPS) is 15.5. The van der Waals surface area contributed by atoms with E-state index >= 15 is 0 Å². The zero-order valence-corrected chi connectivity index (χ0v) is 10.2. The van der Waals surface area contributed by atoms with Gasteiger partial charge >= 0.3 is 0 Å². The molecule has 1 aromatic heterocycles. The molecule has 0 saturated heterocycles. The third kappa shape index (κ3) is 3.68. The van der Waals surface area contributed by atoms with Gasteiger partial charge in [-0.3, -0.25) is 4.90 Å². The Morgan fingerprint density at radius 3 is 2.73 bits per heavy atom. The fourth-order valence-corrected chi connectivity index (χ4v) is 1.72. The molecule has 1 rings (SSSR count). The van der Waals surface area contributed by atoms with E-state index in [2.05, 4.69) is 31.1 Å². The molecule has 0 spiro atoms. The molecule has 3 heteroatoms. The van der Waals surface area contributed by atoms with Gasteiger partial charge in [-0.2, -0.15) is 0 Å². The van der Waals surface area contributed by atoms with Crippen molar-refractivity contribution < 1.29 is 4.42 Å². The van der Waals surface area contributed by atoms with Crippen LogP contribution in [-0.4, -0.2) is 31.6 Å². The molecule has 0 aliphatic rings. The second-order valence-corrected chi connectivity index (χ2v) is 4.27. The molecule has 1 aromatic rings. The van der Waals surface area contributed by atoms with E-state index in [1.807, 2.05) is 19.2 Å². The number of furan rings is 1. The molecule has 3 nitrogen and oxygen atoms in total. The number of hydrogen-bond acceptors (Lipinski definition) is 3. The molecule has 0 fully saturated rings. The first kappa shape index (κ1) is 12.3. The molecule has 0 saturated carbocycles. The maximum atomic E-state index is 5.34. The van der Waals surface area contributed by atoms with Crippen LogP contribution >= 0.6 is 0 Å². The van der Waals surface area contributed by atoms with Crippen LogP contribution in [0.25, 0.3) is 0 Å². The van der Waals surface area contributed by atoms with Crippen molar-refractivity contribution in [2.24, 2.45) is 5.92 Å². The lowest BCUT2D eigenvalue weighted by atomic mass is 10.0. The average molecular weight is 210 g/mol. The lowest BCUT2D eigenvalue weighted by molar-refractivity contribution is 0.178. The lowest BCUT2D eigenvalue weighted by Gasteiger charge is -2.29. The maximum Gasteiger partial charge on any atom is 0.117 e. The van der Waals surface area contributed by atoms with Gasteiger partial charge in [0, 0.05) is 6.04 Å². The van der Waals surface area contributed by atoms with Crippen LogP contribution in [0.1, 0.15) is 19.6 Å². The molecule has 0 radical (unpaired) electrons. The molecule has 0 aromatic carbocycles. The fourth-order valence-electron chi connectivity index (χ4n) is 1.72. The highest BCUT2D eigenvalue weighted by Gasteiger charge is 2.16. The summed E-state index contributed by atoms with van der Waals surface area (Å²) in [6.07, 6.45) is 1.73. The van der Waals surface area contributed by atoms with Crippen molar-refractivity contribution >= 4 is 0 Å². The van der Waals surface area contributed by atoms with Gasteiger partial charge in [0.2, 0.25) is 0 Å². The molecule has 0 bridgehead atoms. The Labute approximate surface area is 92.5 Å². The predicted molar refractivity (Wildman–Crippen MR) is 62.7 cm³/mol. The summed E-state index contributed by atoms with van der Waals surface area (Å²) in [5.41, 5.74) is 0. The maximum absolute atomic E-state index is 5.34. The molecule has 2 atom stereocenters. The van der Waals surface area contributed by atoms with Crippen LogP contribution in [0.5, 0.6) is 0 Å². The van der Waals surface area contributed by atoms with Crippen LogP contribution in [0.2, 0.25) is 0 Å². The predicted octanol–water partition coefficient (Wildman–Crippen LogP) is 1.96. The largest absolute Gasteiger partial charge is 0.468 e. The van der Waals surface area contributed by atoms with Gasteiger partial charge in [0.25, 0.3) is 0 Å². The first-order valence-electron chi connectivity index (χ1n) is 5.52. The number of hydrogen-bond donors (Lipinski definition) is 1. The summed E-state index contributed by atoms with van der Waals surface area (Å²) < 4.78 is 5.34. The van der Waals surface area contributed by atoms with E-state index in [9.17, 15) is 0 Å². The summed E-state index contributed by atoms with van der Waals surface area (Å²) in [6, 6.07) is 4.50. The van der Waals surface area contributed by atoms with Crippen LogP contribution in [0.15, 0.2) is 22.8 Å². The zero-order valence-electron chi connectivity index (χ0n) is 10.2. The van der Waals surface area contributed by atoms with Crippen LogP contribution in [0, 0.1) is 5.92 Å². The van der Waals surface area contributed by atoms with Crippen molar-refractivity contribution in [1.82, 2.24) is 10.2 Å². The molecular formula is C12H22N2O. The Morgan fingerprint density at radius 1 is 1.47 bits per heavy atom. The topological polar surface area (TPSA) is 28.4 Å². The van der Waals surface area contributed by atoms with E-state index in [1.54, 1.807) is 6.26 Å². The highest BCUT2D eigenvalue weighted by atomic mass is 16.3. The van der Waals surface area contributed by atoms with Crippen molar-refractivity contribution in [2.75, 3.05) is 20.6 Å². The van der Waals surface area contributed by atoms with Crippen molar-refractivity contribution in [2.45, 2.75) is 26.4 Å². The number of rotatable bonds is 6. The second kappa shape index (κ2) is 5.93. The van der Waals surface area contributed by atoms with E-state index in [-0.39, 0.29) is 0 Å².